The molecule has 0 atom stereocenters. The van der Waals surface area contributed by atoms with Gasteiger partial charge in [-0.3, -0.25) is 4.40 Å². The van der Waals surface area contributed by atoms with E-state index in [0.29, 0.717) is 5.15 Å². The van der Waals surface area contributed by atoms with Crippen LogP contribution in [0.1, 0.15) is 13.8 Å². The number of nitrogens with zero attached hydrogens (tertiary/aromatic N) is 4. The van der Waals surface area contributed by atoms with E-state index in [0.717, 1.165) is 18.7 Å². The lowest BCUT2D eigenvalue weighted by Crippen LogP contribution is -2.33. The van der Waals surface area contributed by atoms with E-state index >= 15 is 0 Å². The van der Waals surface area contributed by atoms with Crippen LogP contribution >= 0.6 is 11.6 Å². The average molecular weight is 213 g/mol. The summed E-state index contributed by atoms with van der Waals surface area (Å²) in [5, 5.41) is 2.73. The molecule has 2 rings (SSSR count). The molecule has 0 fully saturated rings. The van der Waals surface area contributed by atoms with Crippen LogP contribution < -0.4 is 5.01 Å². The second-order valence-corrected chi connectivity index (χ2v) is 3.41. The average Bonchev–Trinajstić information content (AvgIpc) is 2.74. The van der Waals surface area contributed by atoms with Gasteiger partial charge in [0.05, 0.1) is 0 Å². The number of halogens is 1. The van der Waals surface area contributed by atoms with Gasteiger partial charge in [-0.1, -0.05) is 11.6 Å². The topological polar surface area (TPSA) is 25.5 Å². The molecule has 0 spiro atoms. The molecular weight excluding hydrogens is 200 g/mol. The van der Waals surface area contributed by atoms with E-state index in [4.69, 9.17) is 11.6 Å². The quantitative estimate of drug-likeness (QED) is 0.775. The lowest BCUT2D eigenvalue weighted by Gasteiger charge is -2.22. The van der Waals surface area contributed by atoms with Crippen molar-refractivity contribution in [2.45, 2.75) is 13.8 Å². The molecule has 0 bridgehead atoms. The van der Waals surface area contributed by atoms with Crippen LogP contribution in [0.5, 0.6) is 0 Å². The van der Waals surface area contributed by atoms with Crippen molar-refractivity contribution in [2.75, 3.05) is 18.1 Å². The van der Waals surface area contributed by atoms with Gasteiger partial charge in [-0.05, 0) is 13.8 Å². The molecule has 0 saturated carbocycles. The number of fused-ring (bicyclic) bond motifs is 1. The highest BCUT2D eigenvalue weighted by Crippen LogP contribution is 2.16. The van der Waals surface area contributed by atoms with Gasteiger partial charge in [0.2, 0.25) is 0 Å². The summed E-state index contributed by atoms with van der Waals surface area (Å²) >= 11 is 6.00. The molecule has 76 valence electrons. The smallest absolute Gasteiger partial charge is 0.175 e. The van der Waals surface area contributed by atoms with Crippen molar-refractivity contribution in [1.82, 2.24) is 14.1 Å². The van der Waals surface area contributed by atoms with Crippen molar-refractivity contribution in [3.63, 3.8) is 0 Å². The molecule has 0 amide bonds. The van der Waals surface area contributed by atoms with Gasteiger partial charge >= 0.3 is 0 Å². The summed E-state index contributed by atoms with van der Waals surface area (Å²) in [5.74, 6) is 0. The molecule has 14 heavy (non-hydrogen) atoms. The number of hydrogen-bond acceptors (Lipinski definition) is 2. The fraction of sp³-hybridized carbons (Fsp3) is 0.444. The zero-order chi connectivity index (χ0) is 10.1. The maximum atomic E-state index is 6.00. The van der Waals surface area contributed by atoms with Gasteiger partial charge in [0.1, 0.15) is 6.33 Å². The first kappa shape index (κ1) is 9.40. The molecule has 4 nitrogen and oxygen atoms in total. The Balaban J connectivity index is 2.55. The molecule has 2 aromatic heterocycles. The molecule has 2 heterocycles. The van der Waals surface area contributed by atoms with Gasteiger partial charge in [0.15, 0.2) is 10.8 Å². The monoisotopic (exact) mass is 212 g/mol. The Morgan fingerprint density at radius 3 is 2.71 bits per heavy atom. The van der Waals surface area contributed by atoms with Crippen molar-refractivity contribution in [2.24, 2.45) is 0 Å². The van der Waals surface area contributed by atoms with E-state index in [-0.39, 0.29) is 0 Å². The van der Waals surface area contributed by atoms with Crippen LogP contribution in [0.2, 0.25) is 5.15 Å². The van der Waals surface area contributed by atoms with Crippen LogP contribution in [-0.2, 0) is 0 Å². The first-order chi connectivity index (χ1) is 6.77. The summed E-state index contributed by atoms with van der Waals surface area (Å²) in [4.78, 5) is 4.05. The first-order valence-electron chi connectivity index (χ1n) is 4.72. The first-order valence-corrected chi connectivity index (χ1v) is 5.10. The third kappa shape index (κ3) is 1.26. The predicted molar refractivity (Wildman–Crippen MR) is 57.5 cm³/mol. The fourth-order valence-electron chi connectivity index (χ4n) is 1.62. The maximum Gasteiger partial charge on any atom is 0.175 e. The van der Waals surface area contributed by atoms with E-state index in [9.17, 15) is 0 Å². The molecule has 0 unspecified atom stereocenters. The second kappa shape index (κ2) is 3.53. The van der Waals surface area contributed by atoms with Crippen molar-refractivity contribution < 1.29 is 0 Å². The standard InChI is InChI=1S/C9H13ClN4/c1-3-13(4-2)14-6-5-12-7-11-8(10)9(12)14/h5-7H,3-4H2,1-2H3. The lowest BCUT2D eigenvalue weighted by atomic mass is 10.6. The van der Waals surface area contributed by atoms with Gasteiger partial charge in [0, 0.05) is 25.5 Å². The molecule has 5 heteroatoms. The molecule has 0 aliphatic heterocycles. The van der Waals surface area contributed by atoms with Gasteiger partial charge in [-0.15, -0.1) is 0 Å². The van der Waals surface area contributed by atoms with Crippen LogP contribution in [0, 0.1) is 0 Å². The zero-order valence-corrected chi connectivity index (χ0v) is 9.07. The largest absolute Gasteiger partial charge is 0.312 e. The molecule has 0 saturated heterocycles. The van der Waals surface area contributed by atoms with Gasteiger partial charge in [-0.25, -0.2) is 9.66 Å². The predicted octanol–water partition coefficient (Wildman–Crippen LogP) is 1.77. The lowest BCUT2D eigenvalue weighted by molar-refractivity contribution is 0.637. The normalized spacial score (nSPS) is 11.1. The van der Waals surface area contributed by atoms with Crippen molar-refractivity contribution in [3.05, 3.63) is 23.9 Å². The van der Waals surface area contributed by atoms with Crippen molar-refractivity contribution in [3.8, 4) is 0 Å². The van der Waals surface area contributed by atoms with E-state index < -0.39 is 0 Å². The number of hydrogen-bond donors (Lipinski definition) is 0. The summed E-state index contributed by atoms with van der Waals surface area (Å²) in [7, 11) is 0. The van der Waals surface area contributed by atoms with E-state index in [2.05, 4.69) is 23.8 Å². The molecule has 0 radical (unpaired) electrons. The van der Waals surface area contributed by atoms with Crippen molar-refractivity contribution in [1.29, 1.82) is 0 Å². The number of imidazole rings is 2. The Kier molecular flexibility index (Phi) is 2.37. The molecule has 2 aromatic rings. The highest BCUT2D eigenvalue weighted by atomic mass is 35.5. The summed E-state index contributed by atoms with van der Waals surface area (Å²) in [6, 6.07) is 0. The van der Waals surface area contributed by atoms with Crippen molar-refractivity contribution >= 4 is 17.2 Å². The minimum absolute atomic E-state index is 0.543. The fourth-order valence-corrected chi connectivity index (χ4v) is 1.84. The van der Waals surface area contributed by atoms with Crippen LogP contribution in [0.4, 0.5) is 0 Å². The highest BCUT2D eigenvalue weighted by Gasteiger charge is 2.10. The van der Waals surface area contributed by atoms with Gasteiger partial charge in [-0.2, -0.15) is 0 Å². The van der Waals surface area contributed by atoms with Crippen LogP contribution in [-0.4, -0.2) is 27.2 Å². The van der Waals surface area contributed by atoms with E-state index in [1.807, 2.05) is 21.5 Å². The zero-order valence-electron chi connectivity index (χ0n) is 8.31. The van der Waals surface area contributed by atoms with Gasteiger partial charge in [0.25, 0.3) is 0 Å². The SMILES string of the molecule is CCN(CC)n1ccn2cnc(Cl)c12. The summed E-state index contributed by atoms with van der Waals surface area (Å²) in [5.41, 5.74) is 0.926. The Labute approximate surface area is 87.7 Å². The summed E-state index contributed by atoms with van der Waals surface area (Å²) in [6.45, 7) is 6.12. The number of rotatable bonds is 3. The molecular formula is C9H13ClN4. The van der Waals surface area contributed by atoms with E-state index in [1.165, 1.54) is 0 Å². The van der Waals surface area contributed by atoms with Crippen LogP contribution in [0.15, 0.2) is 18.7 Å². The Morgan fingerprint density at radius 2 is 2.07 bits per heavy atom. The highest BCUT2D eigenvalue weighted by molar-refractivity contribution is 6.32. The maximum absolute atomic E-state index is 6.00. The Morgan fingerprint density at radius 1 is 1.36 bits per heavy atom. The Hall–Kier alpha value is -1.16. The number of aromatic nitrogens is 3. The summed E-state index contributed by atoms with van der Waals surface area (Å²) < 4.78 is 3.95. The second-order valence-electron chi connectivity index (χ2n) is 3.05. The minimum atomic E-state index is 0.543. The molecule has 0 N–H and O–H groups in total. The minimum Gasteiger partial charge on any atom is -0.312 e. The van der Waals surface area contributed by atoms with Crippen LogP contribution in [0.3, 0.4) is 0 Å². The third-order valence-corrected chi connectivity index (χ3v) is 2.61. The van der Waals surface area contributed by atoms with E-state index in [1.54, 1.807) is 6.33 Å². The van der Waals surface area contributed by atoms with Crippen LogP contribution in [0.25, 0.3) is 5.65 Å². The summed E-state index contributed by atoms with van der Waals surface area (Å²) in [6.07, 6.45) is 5.67. The third-order valence-electron chi connectivity index (χ3n) is 2.34. The molecule has 0 aromatic carbocycles. The Bertz CT molecular complexity index is 427. The van der Waals surface area contributed by atoms with Gasteiger partial charge < -0.3 is 5.01 Å². The molecule has 0 aliphatic carbocycles. The molecule has 0 aliphatic rings.